The van der Waals surface area contributed by atoms with Crippen molar-refractivity contribution in [2.24, 2.45) is 0 Å². The summed E-state index contributed by atoms with van der Waals surface area (Å²) in [6.45, 7) is 1.66. The summed E-state index contributed by atoms with van der Waals surface area (Å²) in [7, 11) is 0. The number of aromatic carboxylic acids is 1. The van der Waals surface area contributed by atoms with Crippen molar-refractivity contribution in [2.75, 3.05) is 6.54 Å². The van der Waals surface area contributed by atoms with Crippen LogP contribution in [0.15, 0.2) is 48.5 Å². The molecule has 128 valence electrons. The van der Waals surface area contributed by atoms with Gasteiger partial charge in [-0.2, -0.15) is 0 Å². The fraction of sp³-hybridized carbons (Fsp3) is 0.286. The van der Waals surface area contributed by atoms with Crippen LogP contribution in [0.5, 0.6) is 0 Å². The topological polar surface area (TPSA) is 65.1 Å². The minimum Gasteiger partial charge on any atom is -0.478 e. The molecule has 0 spiro atoms. The normalized spacial score (nSPS) is 16.7. The van der Waals surface area contributed by atoms with E-state index in [-0.39, 0.29) is 0 Å². The van der Waals surface area contributed by atoms with Gasteiger partial charge in [-0.1, -0.05) is 24.3 Å². The second kappa shape index (κ2) is 6.73. The number of carbonyl (C=O) groups is 1. The molecule has 0 aliphatic heterocycles. The van der Waals surface area contributed by atoms with E-state index in [1.54, 1.807) is 6.07 Å². The second-order valence-electron chi connectivity index (χ2n) is 6.82. The molecule has 1 heterocycles. The Morgan fingerprint density at radius 1 is 1.20 bits per heavy atom. The lowest BCUT2D eigenvalue weighted by Gasteiger charge is -2.26. The van der Waals surface area contributed by atoms with Gasteiger partial charge in [0.2, 0.25) is 0 Å². The van der Waals surface area contributed by atoms with Crippen LogP contribution in [0.3, 0.4) is 0 Å². The average Bonchev–Trinajstić information content (AvgIpc) is 3.04. The monoisotopic (exact) mass is 334 g/mol. The third kappa shape index (κ3) is 3.30. The van der Waals surface area contributed by atoms with Gasteiger partial charge in [-0.05, 0) is 66.0 Å². The van der Waals surface area contributed by atoms with Gasteiger partial charge in [0.05, 0.1) is 5.56 Å². The summed E-state index contributed by atoms with van der Waals surface area (Å²) in [5, 5.41) is 14.0. The molecular formula is C21H22N2O2. The van der Waals surface area contributed by atoms with Crippen LogP contribution in [0.1, 0.15) is 45.9 Å². The Labute approximate surface area is 146 Å². The second-order valence-corrected chi connectivity index (χ2v) is 6.82. The molecule has 0 saturated heterocycles. The Kier molecular flexibility index (Phi) is 4.28. The molecule has 3 aromatic rings. The molecule has 0 saturated carbocycles. The Balaban J connectivity index is 1.45. The first-order valence-electron chi connectivity index (χ1n) is 8.84. The summed E-state index contributed by atoms with van der Waals surface area (Å²) < 4.78 is 0. The fourth-order valence-corrected chi connectivity index (χ4v) is 3.85. The molecule has 4 nitrogen and oxygen atoms in total. The van der Waals surface area contributed by atoms with Gasteiger partial charge in [-0.3, -0.25) is 0 Å². The van der Waals surface area contributed by atoms with Crippen molar-refractivity contribution in [3.63, 3.8) is 0 Å². The third-order valence-electron chi connectivity index (χ3n) is 5.12. The van der Waals surface area contributed by atoms with E-state index in [1.165, 1.54) is 22.2 Å². The van der Waals surface area contributed by atoms with E-state index in [4.69, 9.17) is 0 Å². The predicted molar refractivity (Wildman–Crippen MR) is 99.1 cm³/mol. The number of para-hydroxylation sites is 1. The van der Waals surface area contributed by atoms with Gasteiger partial charge in [0.25, 0.3) is 0 Å². The van der Waals surface area contributed by atoms with E-state index in [0.29, 0.717) is 11.5 Å². The molecule has 25 heavy (non-hydrogen) atoms. The van der Waals surface area contributed by atoms with E-state index in [1.807, 2.05) is 24.3 Å². The van der Waals surface area contributed by atoms with E-state index < -0.39 is 5.97 Å². The van der Waals surface area contributed by atoms with Gasteiger partial charge in [0.15, 0.2) is 0 Å². The van der Waals surface area contributed by atoms with Crippen molar-refractivity contribution in [2.45, 2.75) is 31.7 Å². The molecule has 1 aliphatic carbocycles. The van der Waals surface area contributed by atoms with E-state index in [9.17, 15) is 9.90 Å². The zero-order valence-corrected chi connectivity index (χ0v) is 14.1. The van der Waals surface area contributed by atoms with Crippen LogP contribution in [0.2, 0.25) is 0 Å². The van der Waals surface area contributed by atoms with Crippen LogP contribution in [0.4, 0.5) is 0 Å². The van der Waals surface area contributed by atoms with Gasteiger partial charge >= 0.3 is 5.97 Å². The molecule has 0 bridgehead atoms. The molecule has 1 unspecified atom stereocenters. The molecule has 2 aromatic carbocycles. The standard InChI is InChI=1S/C21H22N2O2/c24-21(25)16-9-8-14-5-3-6-17(19(14)11-16)12-22-13-18-10-15-4-1-2-7-20(15)23-18/h1-2,4,7-11,17,22-23H,3,5-6,12-13H2,(H,24,25). The number of rotatable bonds is 5. The van der Waals surface area contributed by atoms with E-state index in [0.717, 1.165) is 37.9 Å². The number of aryl methyl sites for hydroxylation is 1. The van der Waals surface area contributed by atoms with Gasteiger partial charge in [0.1, 0.15) is 0 Å². The molecule has 4 heteroatoms. The molecule has 0 fully saturated rings. The fourth-order valence-electron chi connectivity index (χ4n) is 3.85. The zero-order chi connectivity index (χ0) is 17.2. The summed E-state index contributed by atoms with van der Waals surface area (Å²) in [5.41, 5.74) is 5.23. The van der Waals surface area contributed by atoms with Gasteiger partial charge in [-0.15, -0.1) is 0 Å². The van der Waals surface area contributed by atoms with Crippen molar-refractivity contribution >= 4 is 16.9 Å². The number of hydrogen-bond donors (Lipinski definition) is 3. The molecule has 4 rings (SSSR count). The van der Waals surface area contributed by atoms with Crippen molar-refractivity contribution < 1.29 is 9.90 Å². The number of fused-ring (bicyclic) bond motifs is 2. The molecule has 0 amide bonds. The highest BCUT2D eigenvalue weighted by atomic mass is 16.4. The first-order valence-corrected chi connectivity index (χ1v) is 8.84. The first kappa shape index (κ1) is 15.9. The van der Waals surface area contributed by atoms with Crippen LogP contribution in [0.25, 0.3) is 10.9 Å². The number of benzene rings is 2. The highest BCUT2D eigenvalue weighted by Gasteiger charge is 2.21. The average molecular weight is 334 g/mol. The minimum absolute atomic E-state index is 0.382. The Bertz CT molecular complexity index is 880. The van der Waals surface area contributed by atoms with Crippen LogP contribution >= 0.6 is 0 Å². The molecule has 0 radical (unpaired) electrons. The molecule has 1 aromatic heterocycles. The smallest absolute Gasteiger partial charge is 0.335 e. The molecule has 1 atom stereocenters. The summed E-state index contributed by atoms with van der Waals surface area (Å²) in [6, 6.07) is 16.0. The largest absolute Gasteiger partial charge is 0.478 e. The highest BCUT2D eigenvalue weighted by Crippen LogP contribution is 2.32. The molecular weight excluding hydrogens is 312 g/mol. The number of nitrogens with one attached hydrogen (secondary N) is 2. The SMILES string of the molecule is O=C(O)c1ccc2c(c1)C(CNCc1cc3ccccc3[nH]1)CCC2. The van der Waals surface area contributed by atoms with Gasteiger partial charge in [0, 0.05) is 24.3 Å². The number of hydrogen-bond acceptors (Lipinski definition) is 2. The lowest BCUT2D eigenvalue weighted by atomic mass is 9.82. The van der Waals surface area contributed by atoms with Crippen LogP contribution in [-0.2, 0) is 13.0 Å². The number of aromatic nitrogens is 1. The van der Waals surface area contributed by atoms with E-state index >= 15 is 0 Å². The molecule has 3 N–H and O–H groups in total. The van der Waals surface area contributed by atoms with Crippen molar-refractivity contribution in [1.82, 2.24) is 10.3 Å². The minimum atomic E-state index is -0.849. The Hall–Kier alpha value is -2.59. The summed E-state index contributed by atoms with van der Waals surface area (Å²) in [5.74, 6) is -0.467. The molecule has 1 aliphatic rings. The Morgan fingerprint density at radius 3 is 2.92 bits per heavy atom. The lowest BCUT2D eigenvalue weighted by Crippen LogP contribution is -2.24. The van der Waals surface area contributed by atoms with Gasteiger partial charge in [-0.25, -0.2) is 4.79 Å². The van der Waals surface area contributed by atoms with Gasteiger partial charge < -0.3 is 15.4 Å². The van der Waals surface area contributed by atoms with Crippen molar-refractivity contribution in [3.8, 4) is 0 Å². The predicted octanol–water partition coefficient (Wildman–Crippen LogP) is 4.08. The maximum atomic E-state index is 11.3. The lowest BCUT2D eigenvalue weighted by molar-refractivity contribution is 0.0696. The maximum absolute atomic E-state index is 11.3. The highest BCUT2D eigenvalue weighted by molar-refractivity contribution is 5.88. The van der Waals surface area contributed by atoms with Crippen LogP contribution in [-0.4, -0.2) is 22.6 Å². The van der Waals surface area contributed by atoms with Crippen LogP contribution in [0, 0.1) is 0 Å². The summed E-state index contributed by atoms with van der Waals surface area (Å²) in [6.07, 6.45) is 3.32. The number of carboxylic acids is 1. The van der Waals surface area contributed by atoms with Crippen LogP contribution < -0.4 is 5.32 Å². The summed E-state index contributed by atoms with van der Waals surface area (Å²) >= 11 is 0. The number of aromatic amines is 1. The van der Waals surface area contributed by atoms with E-state index in [2.05, 4.69) is 28.5 Å². The quantitative estimate of drug-likeness (QED) is 0.659. The van der Waals surface area contributed by atoms with Crippen molar-refractivity contribution in [3.05, 3.63) is 70.9 Å². The zero-order valence-electron chi connectivity index (χ0n) is 14.1. The first-order chi connectivity index (χ1) is 12.2. The summed E-state index contributed by atoms with van der Waals surface area (Å²) in [4.78, 5) is 14.7. The third-order valence-corrected chi connectivity index (χ3v) is 5.12. The maximum Gasteiger partial charge on any atom is 0.335 e. The van der Waals surface area contributed by atoms with Crippen molar-refractivity contribution in [1.29, 1.82) is 0 Å². The number of carboxylic acid groups (broad SMARTS) is 1. The number of H-pyrrole nitrogens is 1. The Morgan fingerprint density at radius 2 is 2.08 bits per heavy atom.